The van der Waals surface area contributed by atoms with E-state index in [1.165, 1.54) is 0 Å². The predicted molar refractivity (Wildman–Crippen MR) is 113 cm³/mol. The fraction of sp³-hybridized carbons (Fsp3) is 0.364. The maximum atomic E-state index is 13.4. The average Bonchev–Trinajstić information content (AvgIpc) is 2.72. The van der Waals surface area contributed by atoms with E-state index in [0.717, 1.165) is 22.5 Å². The number of fused-ring (bicyclic) bond motifs is 1. The SMILES string of the molecule is CC(C)N(C(C)C)[C@H]1N=C(c2ccccc2)c2cc(Cl)ccc2N(C)C1=O. The molecule has 0 saturated heterocycles. The van der Waals surface area contributed by atoms with E-state index in [0.29, 0.717) is 5.02 Å². The van der Waals surface area contributed by atoms with Crippen molar-refractivity contribution in [1.82, 2.24) is 4.90 Å². The van der Waals surface area contributed by atoms with Gasteiger partial charge in [0, 0.05) is 35.3 Å². The molecule has 1 amide bonds. The van der Waals surface area contributed by atoms with Gasteiger partial charge in [-0.2, -0.15) is 0 Å². The molecule has 1 atom stereocenters. The summed E-state index contributed by atoms with van der Waals surface area (Å²) in [7, 11) is 1.81. The van der Waals surface area contributed by atoms with Gasteiger partial charge < -0.3 is 4.90 Å². The molecule has 0 aromatic heterocycles. The molecular formula is C22H26ClN3O. The third kappa shape index (κ3) is 3.78. The van der Waals surface area contributed by atoms with Crippen LogP contribution in [0.4, 0.5) is 5.69 Å². The number of benzene rings is 2. The van der Waals surface area contributed by atoms with E-state index >= 15 is 0 Å². The van der Waals surface area contributed by atoms with Crippen LogP contribution in [-0.2, 0) is 4.79 Å². The molecule has 142 valence electrons. The summed E-state index contributed by atoms with van der Waals surface area (Å²) in [5.41, 5.74) is 3.46. The summed E-state index contributed by atoms with van der Waals surface area (Å²) in [4.78, 5) is 22.2. The average molecular weight is 384 g/mol. The number of hydrogen-bond acceptors (Lipinski definition) is 3. The highest BCUT2D eigenvalue weighted by Gasteiger charge is 2.36. The van der Waals surface area contributed by atoms with Gasteiger partial charge in [0.15, 0.2) is 6.17 Å². The van der Waals surface area contributed by atoms with Gasteiger partial charge in [-0.25, -0.2) is 0 Å². The summed E-state index contributed by atoms with van der Waals surface area (Å²) in [6.45, 7) is 8.39. The van der Waals surface area contributed by atoms with Crippen LogP contribution in [-0.4, -0.2) is 41.8 Å². The lowest BCUT2D eigenvalue weighted by atomic mass is 10.0. The number of halogens is 1. The van der Waals surface area contributed by atoms with Crippen molar-refractivity contribution in [3.63, 3.8) is 0 Å². The quantitative estimate of drug-likeness (QED) is 0.773. The zero-order chi connectivity index (χ0) is 19.7. The lowest BCUT2D eigenvalue weighted by Crippen LogP contribution is -2.52. The Morgan fingerprint density at radius 1 is 1.04 bits per heavy atom. The van der Waals surface area contributed by atoms with Crippen LogP contribution >= 0.6 is 11.6 Å². The number of carbonyl (C=O) groups excluding carboxylic acids is 1. The Balaban J connectivity index is 2.27. The van der Waals surface area contributed by atoms with Gasteiger partial charge in [-0.15, -0.1) is 0 Å². The number of rotatable bonds is 4. The minimum absolute atomic E-state index is 0.0353. The molecule has 0 unspecified atom stereocenters. The normalized spacial score (nSPS) is 17.4. The molecule has 1 aliphatic heterocycles. The molecule has 27 heavy (non-hydrogen) atoms. The predicted octanol–water partition coefficient (Wildman–Crippen LogP) is 4.60. The summed E-state index contributed by atoms with van der Waals surface area (Å²) in [6.07, 6.45) is -0.587. The molecule has 3 rings (SSSR count). The van der Waals surface area contributed by atoms with Crippen LogP contribution in [0, 0.1) is 0 Å². The van der Waals surface area contributed by atoms with E-state index in [9.17, 15) is 4.79 Å². The molecule has 0 spiro atoms. The van der Waals surface area contributed by atoms with E-state index in [4.69, 9.17) is 16.6 Å². The van der Waals surface area contributed by atoms with Crippen LogP contribution < -0.4 is 4.90 Å². The molecule has 0 bridgehead atoms. The van der Waals surface area contributed by atoms with Gasteiger partial charge in [0.05, 0.1) is 11.4 Å². The first-order valence-corrected chi connectivity index (χ1v) is 9.67. The van der Waals surface area contributed by atoms with Crippen molar-refractivity contribution in [3.8, 4) is 0 Å². The minimum Gasteiger partial charge on any atom is -0.312 e. The molecule has 5 heteroatoms. The van der Waals surface area contributed by atoms with Crippen molar-refractivity contribution >= 4 is 28.9 Å². The molecule has 4 nitrogen and oxygen atoms in total. The molecule has 0 N–H and O–H groups in total. The highest BCUT2D eigenvalue weighted by Crippen LogP contribution is 2.31. The third-order valence-electron chi connectivity index (χ3n) is 4.90. The van der Waals surface area contributed by atoms with E-state index in [2.05, 4.69) is 32.6 Å². The van der Waals surface area contributed by atoms with Crippen LogP contribution in [0.5, 0.6) is 0 Å². The lowest BCUT2D eigenvalue weighted by molar-refractivity contribution is -0.124. The number of carbonyl (C=O) groups is 1. The number of nitrogens with zero attached hydrogens (tertiary/aromatic N) is 3. The van der Waals surface area contributed by atoms with E-state index < -0.39 is 6.17 Å². The standard InChI is InChI=1S/C22H26ClN3O/c1-14(2)26(15(3)4)21-22(27)25(5)19-12-11-17(23)13-18(19)20(24-21)16-9-7-6-8-10-16/h6-15,21H,1-5H3/t21-/m1/s1. The number of anilines is 1. The Kier molecular flexibility index (Phi) is 5.68. The fourth-order valence-electron chi connectivity index (χ4n) is 3.71. The van der Waals surface area contributed by atoms with Gasteiger partial charge in [-0.1, -0.05) is 41.9 Å². The van der Waals surface area contributed by atoms with Crippen LogP contribution in [0.3, 0.4) is 0 Å². The van der Waals surface area contributed by atoms with Gasteiger partial charge in [0.25, 0.3) is 5.91 Å². The number of aliphatic imine (C=N–C) groups is 1. The molecule has 1 heterocycles. The molecular weight excluding hydrogens is 358 g/mol. The first-order valence-electron chi connectivity index (χ1n) is 9.29. The number of likely N-dealkylation sites (N-methyl/N-ethyl adjacent to an activating group) is 1. The fourth-order valence-corrected chi connectivity index (χ4v) is 3.88. The van der Waals surface area contributed by atoms with Crippen molar-refractivity contribution in [3.05, 3.63) is 64.7 Å². The topological polar surface area (TPSA) is 35.9 Å². The summed E-state index contributed by atoms with van der Waals surface area (Å²) in [5, 5.41) is 0.626. The summed E-state index contributed by atoms with van der Waals surface area (Å²) in [6, 6.07) is 15.9. The molecule has 1 aliphatic rings. The monoisotopic (exact) mass is 383 g/mol. The Morgan fingerprint density at radius 3 is 2.26 bits per heavy atom. The maximum absolute atomic E-state index is 13.4. The first-order chi connectivity index (χ1) is 12.8. The van der Waals surface area contributed by atoms with Crippen LogP contribution in [0.25, 0.3) is 0 Å². The summed E-state index contributed by atoms with van der Waals surface area (Å²) >= 11 is 6.30. The zero-order valence-electron chi connectivity index (χ0n) is 16.5. The van der Waals surface area contributed by atoms with Crippen molar-refractivity contribution in [2.45, 2.75) is 45.9 Å². The number of hydrogen-bond donors (Lipinski definition) is 0. The van der Waals surface area contributed by atoms with E-state index in [-0.39, 0.29) is 18.0 Å². The zero-order valence-corrected chi connectivity index (χ0v) is 17.2. The van der Waals surface area contributed by atoms with E-state index in [1.54, 1.807) is 4.90 Å². The van der Waals surface area contributed by atoms with Gasteiger partial charge in [0.1, 0.15) is 0 Å². The smallest absolute Gasteiger partial charge is 0.266 e. The maximum Gasteiger partial charge on any atom is 0.266 e. The number of amides is 1. The molecule has 0 saturated carbocycles. The molecule has 0 radical (unpaired) electrons. The van der Waals surface area contributed by atoms with Crippen molar-refractivity contribution in [1.29, 1.82) is 0 Å². The first kappa shape index (κ1) is 19.6. The largest absolute Gasteiger partial charge is 0.312 e. The highest BCUT2D eigenvalue weighted by molar-refractivity contribution is 6.32. The Labute approximate surface area is 166 Å². The Hall–Kier alpha value is -2.17. The molecule has 0 fully saturated rings. The third-order valence-corrected chi connectivity index (χ3v) is 5.14. The highest BCUT2D eigenvalue weighted by atomic mass is 35.5. The number of benzodiazepines with no additional fused rings is 1. The summed E-state index contributed by atoms with van der Waals surface area (Å²) in [5.74, 6) is -0.0353. The van der Waals surface area contributed by atoms with E-state index in [1.807, 2.05) is 55.6 Å². The van der Waals surface area contributed by atoms with Gasteiger partial charge in [-0.3, -0.25) is 14.7 Å². The summed E-state index contributed by atoms with van der Waals surface area (Å²) < 4.78 is 0. The van der Waals surface area contributed by atoms with Crippen molar-refractivity contribution < 1.29 is 4.79 Å². The Morgan fingerprint density at radius 2 is 1.67 bits per heavy atom. The van der Waals surface area contributed by atoms with Crippen LogP contribution in [0.1, 0.15) is 38.8 Å². The second-order valence-corrected chi connectivity index (χ2v) is 7.85. The molecule has 2 aromatic carbocycles. The van der Waals surface area contributed by atoms with Crippen LogP contribution in [0.15, 0.2) is 53.5 Å². The lowest BCUT2D eigenvalue weighted by Gasteiger charge is -2.36. The second-order valence-electron chi connectivity index (χ2n) is 7.41. The van der Waals surface area contributed by atoms with Crippen molar-refractivity contribution in [2.75, 3.05) is 11.9 Å². The second kappa shape index (κ2) is 7.83. The van der Waals surface area contributed by atoms with Gasteiger partial charge in [0.2, 0.25) is 0 Å². The minimum atomic E-state index is -0.587. The molecule has 2 aromatic rings. The Bertz CT molecular complexity index is 853. The van der Waals surface area contributed by atoms with Gasteiger partial charge >= 0.3 is 0 Å². The van der Waals surface area contributed by atoms with Crippen LogP contribution in [0.2, 0.25) is 5.02 Å². The van der Waals surface area contributed by atoms with Crippen molar-refractivity contribution in [2.24, 2.45) is 4.99 Å². The molecule has 0 aliphatic carbocycles. The van der Waals surface area contributed by atoms with Gasteiger partial charge in [-0.05, 0) is 45.9 Å².